The minimum atomic E-state index is 0.0480. The molecule has 4 nitrogen and oxygen atoms in total. The van der Waals surface area contributed by atoms with E-state index in [9.17, 15) is 5.11 Å². The van der Waals surface area contributed by atoms with Gasteiger partial charge in [-0.05, 0) is 49.2 Å². The van der Waals surface area contributed by atoms with Gasteiger partial charge in [-0.1, -0.05) is 24.3 Å². The largest absolute Gasteiger partial charge is 0.497 e. The third-order valence-electron chi connectivity index (χ3n) is 3.74. The van der Waals surface area contributed by atoms with Crippen molar-refractivity contribution in [3.05, 3.63) is 59.7 Å². The van der Waals surface area contributed by atoms with E-state index in [1.165, 1.54) is 0 Å². The van der Waals surface area contributed by atoms with E-state index in [1.54, 1.807) is 7.11 Å². The molecule has 0 spiro atoms. The van der Waals surface area contributed by atoms with Gasteiger partial charge in [0.2, 0.25) is 0 Å². The lowest BCUT2D eigenvalue weighted by molar-refractivity contribution is 0.212. The van der Waals surface area contributed by atoms with Crippen molar-refractivity contribution in [1.29, 1.82) is 0 Å². The zero-order chi connectivity index (χ0) is 16.7. The first-order valence-corrected chi connectivity index (χ1v) is 7.86. The summed E-state index contributed by atoms with van der Waals surface area (Å²) < 4.78 is 11.0. The van der Waals surface area contributed by atoms with Gasteiger partial charge in [0.25, 0.3) is 0 Å². The van der Waals surface area contributed by atoms with Crippen molar-refractivity contribution in [2.75, 3.05) is 13.7 Å². The summed E-state index contributed by atoms with van der Waals surface area (Å²) in [5, 5.41) is 12.7. The second-order valence-corrected chi connectivity index (χ2v) is 5.64. The molecule has 2 aromatic carbocycles. The highest BCUT2D eigenvalue weighted by Crippen LogP contribution is 2.18. The molecular formula is C19H25NO3. The van der Waals surface area contributed by atoms with Gasteiger partial charge in [-0.3, -0.25) is 0 Å². The van der Waals surface area contributed by atoms with Crippen molar-refractivity contribution in [2.45, 2.75) is 32.6 Å². The second kappa shape index (κ2) is 8.56. The van der Waals surface area contributed by atoms with Crippen LogP contribution in [0.5, 0.6) is 11.5 Å². The van der Waals surface area contributed by atoms with Crippen LogP contribution in [0.25, 0.3) is 0 Å². The summed E-state index contributed by atoms with van der Waals surface area (Å²) in [7, 11) is 1.65. The fourth-order valence-electron chi connectivity index (χ4n) is 2.35. The monoisotopic (exact) mass is 315 g/mol. The molecule has 124 valence electrons. The summed E-state index contributed by atoms with van der Waals surface area (Å²) in [6.45, 7) is 4.94. The van der Waals surface area contributed by atoms with Crippen LogP contribution in [-0.2, 0) is 6.61 Å². The molecular weight excluding hydrogens is 290 g/mol. The van der Waals surface area contributed by atoms with Gasteiger partial charge in [0.1, 0.15) is 17.6 Å². The van der Waals surface area contributed by atoms with Crippen molar-refractivity contribution in [2.24, 2.45) is 0 Å². The number of nitrogens with one attached hydrogen (secondary N) is 1. The van der Waals surface area contributed by atoms with E-state index in [0.717, 1.165) is 29.2 Å². The van der Waals surface area contributed by atoms with Gasteiger partial charge in [-0.25, -0.2) is 0 Å². The van der Waals surface area contributed by atoms with E-state index in [2.05, 4.69) is 18.3 Å². The Hall–Kier alpha value is -2.04. The number of aliphatic hydroxyl groups excluding tert-OH is 1. The van der Waals surface area contributed by atoms with Gasteiger partial charge in [0.15, 0.2) is 0 Å². The average Bonchev–Trinajstić information content (AvgIpc) is 2.60. The maximum atomic E-state index is 9.21. The van der Waals surface area contributed by atoms with Crippen LogP contribution in [0.4, 0.5) is 0 Å². The zero-order valence-corrected chi connectivity index (χ0v) is 14.0. The van der Waals surface area contributed by atoms with Crippen LogP contribution in [0.15, 0.2) is 48.5 Å². The fraction of sp³-hybridized carbons (Fsp3) is 0.368. The summed E-state index contributed by atoms with van der Waals surface area (Å²) in [6.07, 6.45) is 0.0480. The van der Waals surface area contributed by atoms with E-state index in [4.69, 9.17) is 9.47 Å². The molecule has 0 heterocycles. The third-order valence-corrected chi connectivity index (χ3v) is 3.74. The number of hydrogen-bond donors (Lipinski definition) is 2. The topological polar surface area (TPSA) is 50.7 Å². The summed E-state index contributed by atoms with van der Waals surface area (Å²) in [5.41, 5.74) is 2.09. The molecule has 4 heteroatoms. The van der Waals surface area contributed by atoms with Crippen molar-refractivity contribution in [3.63, 3.8) is 0 Å². The van der Waals surface area contributed by atoms with Gasteiger partial charge in [0, 0.05) is 12.6 Å². The van der Waals surface area contributed by atoms with Gasteiger partial charge in [-0.15, -0.1) is 0 Å². The predicted molar refractivity (Wildman–Crippen MR) is 91.9 cm³/mol. The van der Waals surface area contributed by atoms with Crippen LogP contribution in [0, 0.1) is 0 Å². The molecule has 0 bridgehead atoms. The van der Waals surface area contributed by atoms with Crippen molar-refractivity contribution in [3.8, 4) is 11.5 Å². The molecule has 0 radical (unpaired) electrons. The number of aliphatic hydroxyl groups is 1. The fourth-order valence-corrected chi connectivity index (χ4v) is 2.35. The first-order chi connectivity index (χ1) is 11.1. The summed E-state index contributed by atoms with van der Waals surface area (Å²) >= 11 is 0. The van der Waals surface area contributed by atoms with Gasteiger partial charge in [-0.2, -0.15) is 0 Å². The SMILES string of the molecule is COc1ccc(OC(C)CNC(C)c2cccc(CO)c2)cc1. The van der Waals surface area contributed by atoms with E-state index in [0.29, 0.717) is 0 Å². The van der Waals surface area contributed by atoms with Crippen molar-refractivity contribution in [1.82, 2.24) is 5.32 Å². The standard InChI is InChI=1S/C19H25NO3/c1-14(23-19-9-7-18(22-3)8-10-19)12-20-15(2)17-6-4-5-16(11-17)13-21/h4-11,14-15,20-21H,12-13H2,1-3H3. The first kappa shape index (κ1) is 17.3. The molecule has 2 atom stereocenters. The number of benzene rings is 2. The molecule has 0 saturated carbocycles. The van der Waals surface area contributed by atoms with E-state index >= 15 is 0 Å². The normalized spacial score (nSPS) is 13.4. The first-order valence-electron chi connectivity index (χ1n) is 7.86. The highest BCUT2D eigenvalue weighted by atomic mass is 16.5. The molecule has 0 saturated heterocycles. The second-order valence-electron chi connectivity index (χ2n) is 5.64. The number of hydrogen-bond acceptors (Lipinski definition) is 4. The zero-order valence-electron chi connectivity index (χ0n) is 14.0. The maximum absolute atomic E-state index is 9.21. The van der Waals surface area contributed by atoms with Crippen LogP contribution in [0.1, 0.15) is 31.0 Å². The van der Waals surface area contributed by atoms with Crippen LogP contribution in [0.2, 0.25) is 0 Å². The molecule has 0 fully saturated rings. The highest BCUT2D eigenvalue weighted by Gasteiger charge is 2.09. The Bertz CT molecular complexity index is 598. The lowest BCUT2D eigenvalue weighted by Gasteiger charge is -2.20. The van der Waals surface area contributed by atoms with E-state index in [1.807, 2.05) is 49.4 Å². The van der Waals surface area contributed by atoms with Gasteiger partial charge < -0.3 is 19.9 Å². The quantitative estimate of drug-likeness (QED) is 0.785. The molecule has 23 heavy (non-hydrogen) atoms. The predicted octanol–water partition coefficient (Wildman–Crippen LogP) is 3.31. The summed E-state index contributed by atoms with van der Waals surface area (Å²) in [5.74, 6) is 1.65. The van der Waals surface area contributed by atoms with Crippen LogP contribution in [-0.4, -0.2) is 24.9 Å². The molecule has 2 N–H and O–H groups in total. The van der Waals surface area contributed by atoms with Crippen LogP contribution < -0.4 is 14.8 Å². The highest BCUT2D eigenvalue weighted by molar-refractivity contribution is 5.31. The molecule has 0 aliphatic heterocycles. The number of ether oxygens (including phenoxy) is 2. The number of rotatable bonds is 8. The van der Waals surface area contributed by atoms with Gasteiger partial charge >= 0.3 is 0 Å². The smallest absolute Gasteiger partial charge is 0.120 e. The Morgan fingerprint density at radius 2 is 1.74 bits per heavy atom. The summed E-state index contributed by atoms with van der Waals surface area (Å²) in [6, 6.07) is 15.8. The Labute approximate surface area is 138 Å². The lowest BCUT2D eigenvalue weighted by Crippen LogP contribution is -2.30. The van der Waals surface area contributed by atoms with Crippen LogP contribution in [0.3, 0.4) is 0 Å². The minimum Gasteiger partial charge on any atom is -0.497 e. The molecule has 0 aliphatic carbocycles. The molecule has 0 aliphatic rings. The van der Waals surface area contributed by atoms with E-state index < -0.39 is 0 Å². The third kappa shape index (κ3) is 5.27. The summed E-state index contributed by atoms with van der Waals surface area (Å²) in [4.78, 5) is 0. The molecule has 2 unspecified atom stereocenters. The lowest BCUT2D eigenvalue weighted by atomic mass is 10.1. The molecule has 2 rings (SSSR count). The van der Waals surface area contributed by atoms with Gasteiger partial charge in [0.05, 0.1) is 13.7 Å². The Morgan fingerprint density at radius 3 is 2.39 bits per heavy atom. The molecule has 2 aromatic rings. The van der Waals surface area contributed by atoms with Crippen molar-refractivity contribution < 1.29 is 14.6 Å². The minimum absolute atomic E-state index is 0.0480. The van der Waals surface area contributed by atoms with Crippen molar-refractivity contribution >= 4 is 0 Å². The Balaban J connectivity index is 1.83. The molecule has 0 amide bonds. The Kier molecular flexibility index (Phi) is 6.44. The molecule has 0 aromatic heterocycles. The number of methoxy groups -OCH3 is 1. The van der Waals surface area contributed by atoms with E-state index in [-0.39, 0.29) is 18.8 Å². The average molecular weight is 315 g/mol. The van der Waals surface area contributed by atoms with Crippen LogP contribution >= 0.6 is 0 Å². The maximum Gasteiger partial charge on any atom is 0.120 e. The Morgan fingerprint density at radius 1 is 1.04 bits per heavy atom.